The molecule has 0 aliphatic heterocycles. The number of carbonyl (C=O) groups is 2. The molecule has 0 rings (SSSR count). The van der Waals surface area contributed by atoms with Gasteiger partial charge in [0.05, 0.1) is 0 Å². The van der Waals surface area contributed by atoms with Crippen LogP contribution < -0.4 is 15.7 Å². The Kier molecular flexibility index (Phi) is 8.52. The van der Waals surface area contributed by atoms with Gasteiger partial charge in [-0.25, -0.2) is 4.79 Å². The zero-order chi connectivity index (χ0) is 11.5. The molecule has 0 aromatic heterocycles. The van der Waals surface area contributed by atoms with Gasteiger partial charge in [0, 0.05) is 25.5 Å². The molecular formula is C10H19N2O3-. The van der Waals surface area contributed by atoms with Gasteiger partial charge in [0.2, 0.25) is 0 Å². The fraction of sp³-hybridized carbons (Fsp3) is 0.800. The molecule has 2 N–H and O–H groups in total. The number of urea groups is 1. The summed E-state index contributed by atoms with van der Waals surface area (Å²) in [4.78, 5) is 21.1. The molecule has 0 aliphatic rings. The number of amides is 2. The van der Waals surface area contributed by atoms with Crippen molar-refractivity contribution in [2.24, 2.45) is 0 Å². The summed E-state index contributed by atoms with van der Waals surface area (Å²) >= 11 is 0. The zero-order valence-corrected chi connectivity index (χ0v) is 9.17. The molecule has 0 aromatic carbocycles. The van der Waals surface area contributed by atoms with Gasteiger partial charge in [0.25, 0.3) is 0 Å². The van der Waals surface area contributed by atoms with Gasteiger partial charge < -0.3 is 20.5 Å². The minimum absolute atomic E-state index is 0.114. The Balaban J connectivity index is 3.22. The molecule has 0 unspecified atom stereocenters. The minimum Gasteiger partial charge on any atom is -0.550 e. The molecule has 0 saturated heterocycles. The van der Waals surface area contributed by atoms with Gasteiger partial charge in [-0.15, -0.1) is 0 Å². The van der Waals surface area contributed by atoms with E-state index in [9.17, 15) is 14.7 Å². The summed E-state index contributed by atoms with van der Waals surface area (Å²) in [6.07, 6.45) is 4.26. The summed E-state index contributed by atoms with van der Waals surface area (Å²) in [6.45, 7) is 2.88. The normalized spacial score (nSPS) is 9.67. The fourth-order valence-electron chi connectivity index (χ4n) is 1.09. The van der Waals surface area contributed by atoms with Crippen molar-refractivity contribution in [3.8, 4) is 0 Å². The van der Waals surface area contributed by atoms with Gasteiger partial charge in [0.1, 0.15) is 0 Å². The van der Waals surface area contributed by atoms with Crippen molar-refractivity contribution >= 4 is 12.0 Å². The molecule has 15 heavy (non-hydrogen) atoms. The Morgan fingerprint density at radius 3 is 2.33 bits per heavy atom. The van der Waals surface area contributed by atoms with Gasteiger partial charge in [-0.1, -0.05) is 26.2 Å². The van der Waals surface area contributed by atoms with E-state index in [0.29, 0.717) is 6.54 Å². The number of aliphatic carboxylic acids is 1. The first-order valence-corrected chi connectivity index (χ1v) is 5.38. The predicted molar refractivity (Wildman–Crippen MR) is 55.2 cm³/mol. The van der Waals surface area contributed by atoms with Crippen molar-refractivity contribution in [1.82, 2.24) is 10.6 Å². The van der Waals surface area contributed by atoms with E-state index in [1.807, 2.05) is 0 Å². The number of carboxylic acid groups (broad SMARTS) is 1. The molecular weight excluding hydrogens is 196 g/mol. The molecule has 0 spiro atoms. The van der Waals surface area contributed by atoms with E-state index in [4.69, 9.17) is 0 Å². The third-order valence-corrected chi connectivity index (χ3v) is 1.93. The van der Waals surface area contributed by atoms with Crippen LogP contribution in [0.3, 0.4) is 0 Å². The van der Waals surface area contributed by atoms with Crippen LogP contribution in [-0.4, -0.2) is 25.1 Å². The molecule has 0 fully saturated rings. The maximum Gasteiger partial charge on any atom is 0.314 e. The van der Waals surface area contributed by atoms with Crippen LogP contribution in [0.5, 0.6) is 0 Å². The quantitative estimate of drug-likeness (QED) is 0.559. The first-order valence-electron chi connectivity index (χ1n) is 5.38. The van der Waals surface area contributed by atoms with E-state index in [2.05, 4.69) is 17.6 Å². The maximum atomic E-state index is 11.0. The van der Waals surface area contributed by atoms with E-state index in [1.165, 1.54) is 6.42 Å². The zero-order valence-electron chi connectivity index (χ0n) is 9.17. The Morgan fingerprint density at radius 1 is 1.07 bits per heavy atom. The van der Waals surface area contributed by atoms with E-state index in [-0.39, 0.29) is 19.0 Å². The number of unbranched alkanes of at least 4 members (excludes halogenated alkanes) is 3. The lowest BCUT2D eigenvalue weighted by Crippen LogP contribution is -2.38. The number of carboxylic acids is 1. The Labute approximate surface area is 90.2 Å². The highest BCUT2D eigenvalue weighted by atomic mass is 16.4. The largest absolute Gasteiger partial charge is 0.550 e. The van der Waals surface area contributed by atoms with E-state index in [0.717, 1.165) is 19.3 Å². The highest BCUT2D eigenvalue weighted by Crippen LogP contribution is 1.96. The van der Waals surface area contributed by atoms with Crippen molar-refractivity contribution in [1.29, 1.82) is 0 Å². The second-order valence-corrected chi connectivity index (χ2v) is 3.37. The van der Waals surface area contributed by atoms with Crippen molar-refractivity contribution in [3.63, 3.8) is 0 Å². The van der Waals surface area contributed by atoms with E-state index >= 15 is 0 Å². The molecule has 0 heterocycles. The number of carbonyl (C=O) groups excluding carboxylic acids is 2. The fourth-order valence-corrected chi connectivity index (χ4v) is 1.09. The van der Waals surface area contributed by atoms with Crippen LogP contribution in [0.2, 0.25) is 0 Å². The highest BCUT2D eigenvalue weighted by molar-refractivity contribution is 5.74. The summed E-state index contributed by atoms with van der Waals surface area (Å²) in [5.74, 6) is -1.15. The van der Waals surface area contributed by atoms with Crippen molar-refractivity contribution in [2.75, 3.05) is 13.1 Å². The van der Waals surface area contributed by atoms with E-state index in [1.54, 1.807) is 0 Å². The molecule has 0 atom stereocenters. The number of hydrogen-bond acceptors (Lipinski definition) is 3. The number of hydrogen-bond donors (Lipinski definition) is 2. The second kappa shape index (κ2) is 9.30. The molecule has 0 aromatic rings. The lowest BCUT2D eigenvalue weighted by Gasteiger charge is -2.07. The summed E-state index contributed by atoms with van der Waals surface area (Å²) < 4.78 is 0. The Bertz CT molecular complexity index is 195. The van der Waals surface area contributed by atoms with Crippen molar-refractivity contribution < 1.29 is 14.7 Å². The Morgan fingerprint density at radius 2 is 1.73 bits per heavy atom. The van der Waals surface area contributed by atoms with Crippen LogP contribution in [0.1, 0.15) is 39.0 Å². The van der Waals surface area contributed by atoms with Crippen LogP contribution >= 0.6 is 0 Å². The summed E-state index contributed by atoms with van der Waals surface area (Å²) in [5, 5.41) is 15.1. The molecule has 0 aliphatic carbocycles. The van der Waals surface area contributed by atoms with E-state index < -0.39 is 5.97 Å². The van der Waals surface area contributed by atoms with Gasteiger partial charge in [-0.2, -0.15) is 0 Å². The van der Waals surface area contributed by atoms with Gasteiger partial charge in [-0.05, 0) is 6.42 Å². The lowest BCUT2D eigenvalue weighted by atomic mass is 10.2. The molecule has 0 radical (unpaired) electrons. The third kappa shape index (κ3) is 10.7. The highest BCUT2D eigenvalue weighted by Gasteiger charge is 1.97. The average molecular weight is 215 g/mol. The molecule has 0 saturated carbocycles. The van der Waals surface area contributed by atoms with Crippen LogP contribution in [-0.2, 0) is 4.79 Å². The number of rotatable bonds is 8. The Hall–Kier alpha value is -1.26. The van der Waals surface area contributed by atoms with Crippen LogP contribution in [0.15, 0.2) is 0 Å². The second-order valence-electron chi connectivity index (χ2n) is 3.37. The summed E-state index contributed by atoms with van der Waals surface area (Å²) in [7, 11) is 0. The third-order valence-electron chi connectivity index (χ3n) is 1.93. The minimum atomic E-state index is -1.15. The molecule has 5 heteroatoms. The first kappa shape index (κ1) is 13.7. The van der Waals surface area contributed by atoms with Gasteiger partial charge >= 0.3 is 6.03 Å². The summed E-state index contributed by atoms with van der Waals surface area (Å²) in [5.41, 5.74) is 0. The van der Waals surface area contributed by atoms with Crippen LogP contribution in [0.25, 0.3) is 0 Å². The smallest absolute Gasteiger partial charge is 0.314 e. The molecule has 2 amide bonds. The van der Waals surface area contributed by atoms with Crippen LogP contribution in [0, 0.1) is 0 Å². The predicted octanol–water partition coefficient (Wildman–Crippen LogP) is 0.00590. The van der Waals surface area contributed by atoms with Crippen molar-refractivity contribution in [3.05, 3.63) is 0 Å². The molecule has 5 nitrogen and oxygen atoms in total. The summed E-state index contributed by atoms with van der Waals surface area (Å²) in [6, 6.07) is -0.312. The van der Waals surface area contributed by atoms with Crippen molar-refractivity contribution in [2.45, 2.75) is 39.0 Å². The molecule has 88 valence electrons. The number of nitrogens with one attached hydrogen (secondary N) is 2. The lowest BCUT2D eigenvalue weighted by molar-refractivity contribution is -0.305. The SMILES string of the molecule is CCCCCCNC(=O)NCCC(=O)[O-]. The van der Waals surface area contributed by atoms with Gasteiger partial charge in [0.15, 0.2) is 0 Å². The monoisotopic (exact) mass is 215 g/mol. The maximum absolute atomic E-state index is 11.0. The molecule has 0 bridgehead atoms. The topological polar surface area (TPSA) is 81.3 Å². The standard InChI is InChI=1S/C10H20N2O3/c1-2-3-4-5-7-11-10(15)12-8-6-9(13)14/h2-8H2,1H3,(H,13,14)(H2,11,12,15)/p-1. The van der Waals surface area contributed by atoms with Crippen LogP contribution in [0.4, 0.5) is 4.79 Å². The van der Waals surface area contributed by atoms with Gasteiger partial charge in [-0.3, -0.25) is 0 Å². The first-order chi connectivity index (χ1) is 7.16. The average Bonchev–Trinajstić information content (AvgIpc) is 2.17.